The molecular weight excluding hydrogens is 260 g/mol. The van der Waals surface area contributed by atoms with Gasteiger partial charge in [-0.15, -0.1) is 11.3 Å². The summed E-state index contributed by atoms with van der Waals surface area (Å²) in [6, 6.07) is 0. The lowest BCUT2D eigenvalue weighted by atomic mass is 9.97. The molecule has 5 heteroatoms. The largest absolute Gasteiger partial charge is 0.394 e. The molecule has 1 heterocycles. The van der Waals surface area contributed by atoms with Gasteiger partial charge in [-0.25, -0.2) is 4.98 Å². The molecule has 0 bridgehead atoms. The lowest BCUT2D eigenvalue weighted by molar-refractivity contribution is 0.0828. The van der Waals surface area contributed by atoms with Crippen LogP contribution in [0, 0.1) is 5.92 Å². The zero-order chi connectivity index (χ0) is 14.3. The van der Waals surface area contributed by atoms with Crippen LogP contribution < -0.4 is 5.32 Å². The number of thiazole rings is 1. The fourth-order valence-electron chi connectivity index (χ4n) is 2.04. The molecule has 1 unspecified atom stereocenters. The third kappa shape index (κ3) is 3.15. The smallest absolute Gasteiger partial charge is 0.263 e. The van der Waals surface area contributed by atoms with Crippen molar-refractivity contribution in [1.82, 2.24) is 10.3 Å². The van der Waals surface area contributed by atoms with Gasteiger partial charge in [-0.05, 0) is 25.7 Å². The number of nitrogens with zero attached hydrogens (tertiary/aromatic N) is 1. The Bertz CT molecular complexity index is 474. The van der Waals surface area contributed by atoms with Crippen molar-refractivity contribution in [3.05, 3.63) is 16.1 Å². The number of aromatic nitrogens is 1. The van der Waals surface area contributed by atoms with Crippen molar-refractivity contribution in [2.45, 2.75) is 51.5 Å². The fourth-order valence-corrected chi connectivity index (χ4v) is 2.91. The van der Waals surface area contributed by atoms with Gasteiger partial charge in [-0.1, -0.05) is 20.8 Å². The number of aliphatic hydroxyl groups is 1. The molecule has 0 saturated heterocycles. The Balaban J connectivity index is 2.09. The van der Waals surface area contributed by atoms with Gasteiger partial charge in [0.1, 0.15) is 4.88 Å². The number of hydrogen-bond acceptors (Lipinski definition) is 4. The minimum atomic E-state index is -0.497. The molecule has 2 N–H and O–H groups in total. The Labute approximate surface area is 118 Å². The summed E-state index contributed by atoms with van der Waals surface area (Å²) < 4.78 is 0. The van der Waals surface area contributed by atoms with Crippen molar-refractivity contribution in [2.75, 3.05) is 6.61 Å². The van der Waals surface area contributed by atoms with Crippen LogP contribution in [0.2, 0.25) is 0 Å². The summed E-state index contributed by atoms with van der Waals surface area (Å²) in [5.41, 5.74) is -0.539. The molecule has 0 radical (unpaired) electrons. The Morgan fingerprint density at radius 1 is 1.47 bits per heavy atom. The van der Waals surface area contributed by atoms with E-state index in [2.05, 4.69) is 31.1 Å². The molecule has 2 rings (SSSR count). The zero-order valence-corrected chi connectivity index (χ0v) is 12.8. The van der Waals surface area contributed by atoms with Crippen molar-refractivity contribution in [3.8, 4) is 0 Å². The first-order valence-electron chi connectivity index (χ1n) is 6.66. The monoisotopic (exact) mass is 282 g/mol. The SMILES string of the molecule is CC(C)(C)c1ncc(C(=O)NC(C)(CO)C2CC2)s1. The van der Waals surface area contributed by atoms with Crippen molar-refractivity contribution in [1.29, 1.82) is 0 Å². The Kier molecular flexibility index (Phi) is 3.71. The van der Waals surface area contributed by atoms with Crippen LogP contribution in [0.25, 0.3) is 0 Å². The number of carbonyl (C=O) groups excluding carboxylic acids is 1. The maximum atomic E-state index is 12.2. The van der Waals surface area contributed by atoms with E-state index in [1.807, 2.05) is 6.92 Å². The predicted molar refractivity (Wildman–Crippen MR) is 76.5 cm³/mol. The van der Waals surface area contributed by atoms with Gasteiger partial charge in [-0.3, -0.25) is 4.79 Å². The highest BCUT2D eigenvalue weighted by molar-refractivity contribution is 7.13. The van der Waals surface area contributed by atoms with E-state index in [1.54, 1.807) is 6.20 Å². The van der Waals surface area contributed by atoms with Gasteiger partial charge in [0.05, 0.1) is 23.4 Å². The second-order valence-electron chi connectivity index (χ2n) is 6.58. The zero-order valence-electron chi connectivity index (χ0n) is 12.0. The number of amides is 1. The van der Waals surface area contributed by atoms with E-state index in [9.17, 15) is 9.90 Å². The highest BCUT2D eigenvalue weighted by Gasteiger charge is 2.42. The molecule has 0 aliphatic heterocycles. The maximum absolute atomic E-state index is 12.2. The van der Waals surface area contributed by atoms with Gasteiger partial charge >= 0.3 is 0 Å². The Hall–Kier alpha value is -0.940. The van der Waals surface area contributed by atoms with E-state index in [-0.39, 0.29) is 17.9 Å². The van der Waals surface area contributed by atoms with Crippen LogP contribution in [-0.2, 0) is 5.41 Å². The summed E-state index contributed by atoms with van der Waals surface area (Å²) in [4.78, 5) is 17.2. The second kappa shape index (κ2) is 4.87. The number of carbonyl (C=O) groups is 1. The first-order valence-corrected chi connectivity index (χ1v) is 7.47. The first kappa shape index (κ1) is 14.5. The second-order valence-corrected chi connectivity index (χ2v) is 7.61. The predicted octanol–water partition coefficient (Wildman–Crippen LogP) is 2.33. The van der Waals surface area contributed by atoms with Gasteiger partial charge in [-0.2, -0.15) is 0 Å². The molecule has 1 aromatic heterocycles. The maximum Gasteiger partial charge on any atom is 0.263 e. The van der Waals surface area contributed by atoms with Crippen LogP contribution >= 0.6 is 11.3 Å². The molecule has 1 atom stereocenters. The summed E-state index contributed by atoms with van der Waals surface area (Å²) >= 11 is 1.43. The van der Waals surface area contributed by atoms with Gasteiger partial charge in [0.25, 0.3) is 5.91 Å². The number of aliphatic hydroxyl groups excluding tert-OH is 1. The Morgan fingerprint density at radius 2 is 2.11 bits per heavy atom. The minimum absolute atomic E-state index is 0.0195. The first-order chi connectivity index (χ1) is 8.76. The third-order valence-corrected chi connectivity index (χ3v) is 5.00. The molecule has 106 valence electrons. The van der Waals surface area contributed by atoms with Crippen molar-refractivity contribution < 1.29 is 9.90 Å². The molecule has 19 heavy (non-hydrogen) atoms. The van der Waals surface area contributed by atoms with Gasteiger partial charge < -0.3 is 10.4 Å². The molecule has 1 fully saturated rings. The van der Waals surface area contributed by atoms with Crippen molar-refractivity contribution in [3.63, 3.8) is 0 Å². The van der Waals surface area contributed by atoms with E-state index in [1.165, 1.54) is 11.3 Å². The highest BCUT2D eigenvalue weighted by Crippen LogP contribution is 2.39. The molecule has 4 nitrogen and oxygen atoms in total. The minimum Gasteiger partial charge on any atom is -0.394 e. The molecule has 1 saturated carbocycles. The van der Waals surface area contributed by atoms with Gasteiger partial charge in [0, 0.05) is 5.41 Å². The average molecular weight is 282 g/mol. The summed E-state index contributed by atoms with van der Waals surface area (Å²) in [5.74, 6) is 0.271. The molecule has 0 aromatic carbocycles. The van der Waals surface area contributed by atoms with E-state index in [0.29, 0.717) is 10.8 Å². The lowest BCUT2D eigenvalue weighted by Crippen LogP contribution is -2.50. The summed E-state index contributed by atoms with van der Waals surface area (Å²) in [6.45, 7) is 8.13. The molecule has 0 spiro atoms. The van der Waals surface area contributed by atoms with Crippen molar-refractivity contribution >= 4 is 17.2 Å². The Morgan fingerprint density at radius 3 is 2.53 bits per heavy atom. The lowest BCUT2D eigenvalue weighted by Gasteiger charge is -2.28. The van der Waals surface area contributed by atoms with E-state index < -0.39 is 5.54 Å². The van der Waals surface area contributed by atoms with Crippen LogP contribution in [-0.4, -0.2) is 28.1 Å². The molecule has 1 aliphatic rings. The third-order valence-electron chi connectivity index (χ3n) is 3.58. The van der Waals surface area contributed by atoms with Crippen LogP contribution in [0.1, 0.15) is 55.2 Å². The fraction of sp³-hybridized carbons (Fsp3) is 0.714. The summed E-state index contributed by atoms with van der Waals surface area (Å²) in [6.07, 6.45) is 3.78. The standard InChI is InChI=1S/C14H22N2O2S/c1-13(2,3)12-15-7-10(19-12)11(18)16-14(4,8-17)9-5-6-9/h7,9,17H,5-6,8H2,1-4H3,(H,16,18). The van der Waals surface area contributed by atoms with E-state index >= 15 is 0 Å². The number of nitrogens with one attached hydrogen (secondary N) is 1. The summed E-state index contributed by atoms with van der Waals surface area (Å²) in [5, 5.41) is 13.4. The van der Waals surface area contributed by atoms with Gasteiger partial charge in [0.15, 0.2) is 0 Å². The summed E-state index contributed by atoms with van der Waals surface area (Å²) in [7, 11) is 0. The molecule has 1 amide bonds. The quantitative estimate of drug-likeness (QED) is 0.891. The van der Waals surface area contributed by atoms with Crippen LogP contribution in [0.3, 0.4) is 0 Å². The molecule has 1 aliphatic carbocycles. The number of rotatable bonds is 4. The van der Waals surface area contributed by atoms with E-state index in [4.69, 9.17) is 0 Å². The normalized spacial score (nSPS) is 19.0. The number of hydrogen-bond donors (Lipinski definition) is 2. The van der Waals surface area contributed by atoms with Crippen LogP contribution in [0.15, 0.2) is 6.20 Å². The van der Waals surface area contributed by atoms with Crippen LogP contribution in [0.4, 0.5) is 0 Å². The van der Waals surface area contributed by atoms with Crippen molar-refractivity contribution in [2.24, 2.45) is 5.92 Å². The van der Waals surface area contributed by atoms with Crippen LogP contribution in [0.5, 0.6) is 0 Å². The van der Waals surface area contributed by atoms with E-state index in [0.717, 1.165) is 17.8 Å². The topological polar surface area (TPSA) is 62.2 Å². The van der Waals surface area contributed by atoms with Gasteiger partial charge in [0.2, 0.25) is 0 Å². The molecular formula is C14H22N2O2S. The average Bonchev–Trinajstić information content (AvgIpc) is 3.05. The molecule has 1 aromatic rings. The highest BCUT2D eigenvalue weighted by atomic mass is 32.1.